The van der Waals surface area contributed by atoms with Gasteiger partial charge in [-0.25, -0.2) is 0 Å². The highest BCUT2D eigenvalue weighted by molar-refractivity contribution is 6.07. The molecular weight excluding hydrogens is 278 g/mol. The highest BCUT2D eigenvalue weighted by Crippen LogP contribution is 2.23. The van der Waals surface area contributed by atoms with Gasteiger partial charge in [0.2, 0.25) is 0 Å². The van der Waals surface area contributed by atoms with Crippen molar-refractivity contribution in [2.75, 3.05) is 14.2 Å². The van der Waals surface area contributed by atoms with E-state index in [1.807, 2.05) is 6.07 Å². The van der Waals surface area contributed by atoms with Crippen molar-refractivity contribution in [3.05, 3.63) is 65.2 Å². The number of hydrogen-bond acceptors (Lipinski definition) is 4. The van der Waals surface area contributed by atoms with Gasteiger partial charge in [-0.1, -0.05) is 18.2 Å². The second-order valence-electron chi connectivity index (χ2n) is 4.54. The predicted octanol–water partition coefficient (Wildman–Crippen LogP) is 3.47. The van der Waals surface area contributed by atoms with Gasteiger partial charge in [-0.15, -0.1) is 0 Å². The highest BCUT2D eigenvalue weighted by atomic mass is 16.5. The molecule has 0 aliphatic carbocycles. The third-order valence-corrected chi connectivity index (χ3v) is 3.08. The molecule has 0 saturated heterocycles. The van der Waals surface area contributed by atoms with Crippen LogP contribution >= 0.6 is 0 Å². The molecule has 0 unspecified atom stereocenters. The molecule has 0 atom stereocenters. The maximum Gasteiger partial charge on any atom is 0.186 e. The van der Waals surface area contributed by atoms with Crippen LogP contribution in [0.4, 0.5) is 0 Å². The fraction of sp³-hybridized carbons (Fsp3) is 0.111. The SMILES string of the molecule is COc1cc(OC)cc(C(=O)/C=C/c2cccc(C#N)c2)c1. The van der Waals surface area contributed by atoms with E-state index in [1.165, 1.54) is 20.3 Å². The van der Waals surface area contributed by atoms with Crippen LogP contribution in [0.25, 0.3) is 6.08 Å². The lowest BCUT2D eigenvalue weighted by molar-refractivity contribution is 0.104. The van der Waals surface area contributed by atoms with Gasteiger partial charge in [-0.05, 0) is 35.9 Å². The van der Waals surface area contributed by atoms with Crippen molar-refractivity contribution in [3.63, 3.8) is 0 Å². The topological polar surface area (TPSA) is 59.3 Å². The lowest BCUT2D eigenvalue weighted by Crippen LogP contribution is -1.97. The van der Waals surface area contributed by atoms with Crippen molar-refractivity contribution in [1.82, 2.24) is 0 Å². The van der Waals surface area contributed by atoms with Crippen LogP contribution in [-0.4, -0.2) is 20.0 Å². The molecule has 0 heterocycles. The first kappa shape index (κ1) is 15.3. The minimum atomic E-state index is -0.167. The average molecular weight is 293 g/mol. The third-order valence-electron chi connectivity index (χ3n) is 3.08. The Morgan fingerprint density at radius 3 is 2.36 bits per heavy atom. The second-order valence-corrected chi connectivity index (χ2v) is 4.54. The first-order chi connectivity index (χ1) is 10.7. The maximum atomic E-state index is 12.2. The number of ether oxygens (including phenoxy) is 2. The molecule has 0 saturated carbocycles. The summed E-state index contributed by atoms with van der Waals surface area (Å²) in [6.45, 7) is 0. The third kappa shape index (κ3) is 3.74. The zero-order valence-corrected chi connectivity index (χ0v) is 12.4. The van der Waals surface area contributed by atoms with Crippen LogP contribution in [0.15, 0.2) is 48.5 Å². The summed E-state index contributed by atoms with van der Waals surface area (Å²) in [5, 5.41) is 8.86. The Balaban J connectivity index is 2.24. The van der Waals surface area contributed by atoms with E-state index in [0.29, 0.717) is 22.6 Å². The van der Waals surface area contributed by atoms with Crippen LogP contribution in [0.5, 0.6) is 11.5 Å². The van der Waals surface area contributed by atoms with E-state index in [-0.39, 0.29) is 5.78 Å². The van der Waals surface area contributed by atoms with Gasteiger partial charge in [0.15, 0.2) is 5.78 Å². The van der Waals surface area contributed by atoms with E-state index in [4.69, 9.17) is 14.7 Å². The number of hydrogen-bond donors (Lipinski definition) is 0. The average Bonchev–Trinajstić information content (AvgIpc) is 2.59. The normalized spacial score (nSPS) is 10.2. The minimum absolute atomic E-state index is 0.167. The van der Waals surface area contributed by atoms with Crippen molar-refractivity contribution in [1.29, 1.82) is 5.26 Å². The fourth-order valence-electron chi connectivity index (χ4n) is 1.93. The number of rotatable bonds is 5. The minimum Gasteiger partial charge on any atom is -0.497 e. The summed E-state index contributed by atoms with van der Waals surface area (Å²) in [6, 6.07) is 14.1. The number of carbonyl (C=O) groups excluding carboxylic acids is 1. The van der Waals surface area contributed by atoms with Crippen LogP contribution in [0.3, 0.4) is 0 Å². The lowest BCUT2D eigenvalue weighted by atomic mass is 10.1. The van der Waals surface area contributed by atoms with Gasteiger partial charge in [0.05, 0.1) is 25.9 Å². The molecule has 22 heavy (non-hydrogen) atoms. The molecule has 4 heteroatoms. The Hall–Kier alpha value is -3.06. The highest BCUT2D eigenvalue weighted by Gasteiger charge is 2.07. The van der Waals surface area contributed by atoms with Gasteiger partial charge < -0.3 is 9.47 Å². The summed E-state index contributed by atoms with van der Waals surface area (Å²) < 4.78 is 10.3. The standard InChI is InChI=1S/C18H15NO3/c1-21-16-9-15(10-17(11-16)22-2)18(20)7-6-13-4-3-5-14(8-13)12-19/h3-11H,1-2H3/b7-6+. The molecule has 2 aromatic carbocycles. The first-order valence-electron chi connectivity index (χ1n) is 6.62. The van der Waals surface area contributed by atoms with Gasteiger partial charge in [-0.3, -0.25) is 4.79 Å². The van der Waals surface area contributed by atoms with E-state index in [0.717, 1.165) is 5.56 Å². The Bertz CT molecular complexity index is 735. The number of carbonyl (C=O) groups is 1. The molecule has 0 aromatic heterocycles. The lowest BCUT2D eigenvalue weighted by Gasteiger charge is -2.06. The van der Waals surface area contributed by atoms with Gasteiger partial charge >= 0.3 is 0 Å². The van der Waals surface area contributed by atoms with Crippen molar-refractivity contribution in [3.8, 4) is 17.6 Å². The number of allylic oxidation sites excluding steroid dienone is 1. The molecule has 0 aliphatic rings. The van der Waals surface area contributed by atoms with Crippen molar-refractivity contribution in [2.45, 2.75) is 0 Å². The van der Waals surface area contributed by atoms with E-state index in [1.54, 1.807) is 42.5 Å². The molecular formula is C18H15NO3. The van der Waals surface area contributed by atoms with E-state index in [2.05, 4.69) is 6.07 Å². The van der Waals surface area contributed by atoms with Crippen LogP contribution < -0.4 is 9.47 Å². The molecule has 0 spiro atoms. The number of benzene rings is 2. The maximum absolute atomic E-state index is 12.2. The largest absolute Gasteiger partial charge is 0.497 e. The Kier molecular flexibility index (Phi) is 4.94. The molecule has 2 aromatic rings. The Labute approximate surface area is 129 Å². The summed E-state index contributed by atoms with van der Waals surface area (Å²) in [5.41, 5.74) is 1.82. The van der Waals surface area contributed by atoms with Crippen molar-refractivity contribution >= 4 is 11.9 Å². The van der Waals surface area contributed by atoms with Gasteiger partial charge in [-0.2, -0.15) is 5.26 Å². The summed E-state index contributed by atoms with van der Waals surface area (Å²) in [6.07, 6.45) is 3.14. The summed E-state index contributed by atoms with van der Waals surface area (Å²) in [5.74, 6) is 0.949. The first-order valence-corrected chi connectivity index (χ1v) is 6.62. The Morgan fingerprint density at radius 2 is 1.77 bits per heavy atom. The van der Waals surface area contributed by atoms with Crippen LogP contribution in [0.1, 0.15) is 21.5 Å². The molecule has 0 fully saturated rings. The molecule has 0 amide bonds. The zero-order valence-electron chi connectivity index (χ0n) is 12.4. The monoisotopic (exact) mass is 293 g/mol. The number of nitriles is 1. The predicted molar refractivity (Wildman–Crippen MR) is 84.1 cm³/mol. The number of nitrogens with zero attached hydrogens (tertiary/aromatic N) is 1. The summed E-state index contributed by atoms with van der Waals surface area (Å²) in [7, 11) is 3.07. The van der Waals surface area contributed by atoms with Crippen LogP contribution in [-0.2, 0) is 0 Å². The zero-order chi connectivity index (χ0) is 15.9. The molecule has 2 rings (SSSR count). The van der Waals surface area contributed by atoms with Crippen LogP contribution in [0.2, 0.25) is 0 Å². The molecule has 0 radical (unpaired) electrons. The Morgan fingerprint density at radius 1 is 1.09 bits per heavy atom. The van der Waals surface area contributed by atoms with Crippen LogP contribution in [0, 0.1) is 11.3 Å². The van der Waals surface area contributed by atoms with Gasteiger partial charge in [0.25, 0.3) is 0 Å². The van der Waals surface area contributed by atoms with E-state index < -0.39 is 0 Å². The molecule has 4 nitrogen and oxygen atoms in total. The molecule has 0 bridgehead atoms. The number of ketones is 1. The molecule has 0 N–H and O–H groups in total. The van der Waals surface area contributed by atoms with E-state index >= 15 is 0 Å². The molecule has 110 valence electrons. The summed E-state index contributed by atoms with van der Waals surface area (Å²) >= 11 is 0. The van der Waals surface area contributed by atoms with Crippen molar-refractivity contribution < 1.29 is 14.3 Å². The summed E-state index contributed by atoms with van der Waals surface area (Å²) in [4.78, 5) is 12.2. The second kappa shape index (κ2) is 7.09. The number of methoxy groups -OCH3 is 2. The van der Waals surface area contributed by atoms with E-state index in [9.17, 15) is 4.79 Å². The van der Waals surface area contributed by atoms with Gasteiger partial charge in [0, 0.05) is 11.6 Å². The smallest absolute Gasteiger partial charge is 0.186 e. The van der Waals surface area contributed by atoms with Gasteiger partial charge in [0.1, 0.15) is 11.5 Å². The molecule has 0 aliphatic heterocycles. The fourth-order valence-corrected chi connectivity index (χ4v) is 1.93. The van der Waals surface area contributed by atoms with Crippen molar-refractivity contribution in [2.24, 2.45) is 0 Å². The quantitative estimate of drug-likeness (QED) is 0.625.